The summed E-state index contributed by atoms with van der Waals surface area (Å²) in [6.07, 6.45) is 0. The van der Waals surface area contributed by atoms with Crippen molar-refractivity contribution in [3.8, 4) is 0 Å². The zero-order chi connectivity index (χ0) is 15.8. The highest BCUT2D eigenvalue weighted by atomic mass is 16.5. The lowest BCUT2D eigenvalue weighted by atomic mass is 10.2. The first-order chi connectivity index (χ1) is 10.7. The van der Waals surface area contributed by atoms with Crippen molar-refractivity contribution in [1.29, 1.82) is 0 Å². The van der Waals surface area contributed by atoms with Crippen molar-refractivity contribution in [2.75, 3.05) is 0 Å². The molecule has 114 valence electrons. The van der Waals surface area contributed by atoms with Crippen molar-refractivity contribution in [2.24, 2.45) is 0 Å². The minimum Gasteiger partial charge on any atom is -0.480 e. The van der Waals surface area contributed by atoms with Gasteiger partial charge in [-0.1, -0.05) is 60.7 Å². The summed E-state index contributed by atoms with van der Waals surface area (Å²) in [4.78, 5) is 23.1. The lowest BCUT2D eigenvalue weighted by Crippen LogP contribution is -2.44. The first-order valence-electron chi connectivity index (χ1n) is 6.87. The molecule has 5 nitrogen and oxygen atoms in total. The van der Waals surface area contributed by atoms with Crippen LogP contribution >= 0.6 is 0 Å². The van der Waals surface area contributed by atoms with E-state index < -0.39 is 18.0 Å². The molecule has 0 fully saturated rings. The predicted molar refractivity (Wildman–Crippen MR) is 80.9 cm³/mol. The molecule has 2 rings (SSSR count). The van der Waals surface area contributed by atoms with E-state index in [0.29, 0.717) is 0 Å². The van der Waals surface area contributed by atoms with Crippen LogP contribution < -0.4 is 5.32 Å². The number of ether oxygens (including phenoxy) is 1. The zero-order valence-corrected chi connectivity index (χ0v) is 11.9. The third kappa shape index (κ3) is 4.71. The van der Waals surface area contributed by atoms with E-state index in [2.05, 4.69) is 5.32 Å². The van der Waals surface area contributed by atoms with Gasteiger partial charge in [-0.15, -0.1) is 0 Å². The quantitative estimate of drug-likeness (QED) is 0.604. The second-order valence-corrected chi connectivity index (χ2v) is 4.73. The Hall–Kier alpha value is -2.66. The molecule has 0 aliphatic heterocycles. The Bertz CT molecular complexity index is 613. The third-order valence-corrected chi connectivity index (χ3v) is 3.06. The van der Waals surface area contributed by atoms with Gasteiger partial charge in [0.25, 0.3) is 0 Å². The van der Waals surface area contributed by atoms with Gasteiger partial charge in [-0.05, 0) is 11.1 Å². The number of carbonyl (C=O) groups excluding carboxylic acids is 1. The molecule has 0 aromatic heterocycles. The van der Waals surface area contributed by atoms with Crippen LogP contribution in [0.1, 0.15) is 11.1 Å². The number of carboxylic acid groups (broad SMARTS) is 1. The number of nitrogens with one attached hydrogen (secondary N) is 1. The molecule has 0 aliphatic rings. The lowest BCUT2D eigenvalue weighted by molar-refractivity contribution is -0.156. The van der Waals surface area contributed by atoms with Crippen molar-refractivity contribution in [3.05, 3.63) is 71.8 Å². The van der Waals surface area contributed by atoms with Crippen LogP contribution in [0.4, 0.5) is 0 Å². The number of rotatable bonds is 7. The molecule has 0 aliphatic carbocycles. The molecule has 1 unspecified atom stereocenters. The molecule has 22 heavy (non-hydrogen) atoms. The van der Waals surface area contributed by atoms with Gasteiger partial charge >= 0.3 is 11.9 Å². The van der Waals surface area contributed by atoms with Crippen molar-refractivity contribution >= 4 is 11.9 Å². The first kappa shape index (κ1) is 15.7. The molecule has 2 aromatic rings. The highest BCUT2D eigenvalue weighted by Crippen LogP contribution is 2.03. The average Bonchev–Trinajstić information content (AvgIpc) is 2.55. The summed E-state index contributed by atoms with van der Waals surface area (Å²) in [7, 11) is 0. The molecule has 0 heterocycles. The highest BCUT2D eigenvalue weighted by Gasteiger charge is 2.27. The second-order valence-electron chi connectivity index (χ2n) is 4.73. The lowest BCUT2D eigenvalue weighted by Gasteiger charge is -2.14. The molecule has 0 bridgehead atoms. The largest absolute Gasteiger partial charge is 0.480 e. The van der Waals surface area contributed by atoms with Crippen LogP contribution in [-0.2, 0) is 27.5 Å². The summed E-state index contributed by atoms with van der Waals surface area (Å²) in [5.74, 6) is -2.05. The maximum absolute atomic E-state index is 11.9. The van der Waals surface area contributed by atoms with Crippen LogP contribution in [0.5, 0.6) is 0 Å². The van der Waals surface area contributed by atoms with Crippen molar-refractivity contribution in [2.45, 2.75) is 19.2 Å². The van der Waals surface area contributed by atoms with Crippen molar-refractivity contribution < 1.29 is 19.4 Å². The zero-order valence-electron chi connectivity index (χ0n) is 11.9. The fraction of sp³-hybridized carbons (Fsp3) is 0.176. The average molecular weight is 299 g/mol. The highest BCUT2D eigenvalue weighted by molar-refractivity contribution is 5.98. The topological polar surface area (TPSA) is 75.6 Å². The Balaban J connectivity index is 1.89. The number of hydrogen-bond acceptors (Lipinski definition) is 4. The van der Waals surface area contributed by atoms with E-state index >= 15 is 0 Å². The molecular formula is C17H17NO4. The van der Waals surface area contributed by atoms with Gasteiger partial charge in [0.2, 0.25) is 6.04 Å². The van der Waals surface area contributed by atoms with Gasteiger partial charge in [0.1, 0.15) is 6.61 Å². The van der Waals surface area contributed by atoms with E-state index in [1.54, 1.807) is 12.1 Å². The molecule has 2 aromatic carbocycles. The number of carbonyl (C=O) groups is 2. The first-order valence-corrected chi connectivity index (χ1v) is 6.87. The van der Waals surface area contributed by atoms with E-state index in [1.807, 2.05) is 48.5 Å². The molecule has 0 amide bonds. The van der Waals surface area contributed by atoms with Crippen LogP contribution in [0.3, 0.4) is 0 Å². The summed E-state index contributed by atoms with van der Waals surface area (Å²) in [6, 6.07) is 17.0. The van der Waals surface area contributed by atoms with Gasteiger partial charge in [0.05, 0.1) is 0 Å². The standard InChI is InChI=1S/C17H17NO4/c19-16(20)15(18-11-13-7-3-1-4-8-13)17(21)22-12-14-9-5-2-6-10-14/h1-10,15,18H,11-12H2,(H,19,20). The SMILES string of the molecule is O=C(O)C(NCc1ccccc1)C(=O)OCc1ccccc1. The predicted octanol–water partition coefficient (Wildman–Crippen LogP) is 1.97. The van der Waals surface area contributed by atoms with Crippen LogP contribution in [0, 0.1) is 0 Å². The molecule has 2 N–H and O–H groups in total. The van der Waals surface area contributed by atoms with Gasteiger partial charge in [0.15, 0.2) is 0 Å². The summed E-state index contributed by atoms with van der Waals surface area (Å²) in [6.45, 7) is 0.328. The van der Waals surface area contributed by atoms with Gasteiger partial charge in [-0.2, -0.15) is 0 Å². The fourth-order valence-electron chi connectivity index (χ4n) is 1.90. The van der Waals surface area contributed by atoms with Gasteiger partial charge < -0.3 is 9.84 Å². The van der Waals surface area contributed by atoms with Crippen LogP contribution in [-0.4, -0.2) is 23.1 Å². The third-order valence-electron chi connectivity index (χ3n) is 3.06. The molecule has 0 spiro atoms. The minimum absolute atomic E-state index is 0.0521. The summed E-state index contributed by atoms with van der Waals surface area (Å²) in [5, 5.41) is 11.9. The van der Waals surface area contributed by atoms with Gasteiger partial charge in [-0.3, -0.25) is 5.32 Å². The van der Waals surface area contributed by atoms with Crippen LogP contribution in [0.15, 0.2) is 60.7 Å². The van der Waals surface area contributed by atoms with E-state index in [9.17, 15) is 9.59 Å². The number of aliphatic carboxylic acids is 1. The molecule has 0 radical (unpaired) electrons. The Morgan fingerprint density at radius 1 is 0.955 bits per heavy atom. The molecule has 0 saturated heterocycles. The molecule has 0 saturated carbocycles. The maximum atomic E-state index is 11.9. The summed E-state index contributed by atoms with van der Waals surface area (Å²) in [5.41, 5.74) is 1.70. The van der Waals surface area contributed by atoms with Crippen molar-refractivity contribution in [3.63, 3.8) is 0 Å². The molecule has 5 heteroatoms. The van der Waals surface area contributed by atoms with Crippen molar-refractivity contribution in [1.82, 2.24) is 5.32 Å². The van der Waals surface area contributed by atoms with Gasteiger partial charge in [0, 0.05) is 6.54 Å². The number of hydrogen-bond donors (Lipinski definition) is 2. The van der Waals surface area contributed by atoms with E-state index in [1.165, 1.54) is 0 Å². The van der Waals surface area contributed by atoms with Crippen LogP contribution in [0.2, 0.25) is 0 Å². The van der Waals surface area contributed by atoms with Gasteiger partial charge in [-0.25, -0.2) is 9.59 Å². The Morgan fingerprint density at radius 2 is 1.50 bits per heavy atom. The summed E-state index contributed by atoms with van der Waals surface area (Å²) >= 11 is 0. The Kier molecular flexibility index (Phi) is 5.68. The second kappa shape index (κ2) is 7.95. The monoisotopic (exact) mass is 299 g/mol. The minimum atomic E-state index is -1.39. The molecule has 1 atom stereocenters. The number of benzene rings is 2. The number of esters is 1. The Labute approximate surface area is 128 Å². The summed E-state index contributed by atoms with van der Waals surface area (Å²) < 4.78 is 5.06. The Morgan fingerprint density at radius 3 is 2.05 bits per heavy atom. The van der Waals surface area contributed by atoms with E-state index in [0.717, 1.165) is 11.1 Å². The molecular weight excluding hydrogens is 282 g/mol. The van der Waals surface area contributed by atoms with Crippen LogP contribution in [0.25, 0.3) is 0 Å². The normalized spacial score (nSPS) is 11.6. The fourth-order valence-corrected chi connectivity index (χ4v) is 1.90. The maximum Gasteiger partial charge on any atom is 0.335 e. The number of carboxylic acids is 1. The smallest absolute Gasteiger partial charge is 0.335 e. The van der Waals surface area contributed by atoms with E-state index in [-0.39, 0.29) is 13.2 Å². The van der Waals surface area contributed by atoms with E-state index in [4.69, 9.17) is 9.84 Å².